The molecule has 0 unspecified atom stereocenters. The normalized spacial score (nSPS) is 12.0. The van der Waals surface area contributed by atoms with Crippen LogP contribution in [0.5, 0.6) is 0 Å². The summed E-state index contributed by atoms with van der Waals surface area (Å²) in [5.41, 5.74) is 33.5. The molecule has 13 rings (SSSR count). The van der Waals surface area contributed by atoms with E-state index in [1.54, 1.807) is 0 Å². The average molecular weight is 1160 g/mol. The molecule has 2 aliphatic heterocycles. The molecule has 0 radical (unpaired) electrons. The maximum Gasteiger partial charge on any atom is 0.0852 e. The van der Waals surface area contributed by atoms with Gasteiger partial charge in [0.15, 0.2) is 0 Å². The lowest BCUT2D eigenvalue weighted by Gasteiger charge is -2.16. The first kappa shape index (κ1) is 57.0. The highest BCUT2D eigenvalue weighted by Gasteiger charge is 2.25. The number of H-pyrrole nitrogens is 2. The smallest absolute Gasteiger partial charge is 0.0852 e. The summed E-state index contributed by atoms with van der Waals surface area (Å²) in [6.45, 7) is 16.8. The van der Waals surface area contributed by atoms with Crippen LogP contribution in [-0.2, 0) is 26.4 Å². The Bertz CT molecular complexity index is 4150. The summed E-state index contributed by atoms with van der Waals surface area (Å²) in [6.07, 6.45) is 15.9. The van der Waals surface area contributed by atoms with Gasteiger partial charge in [-0.2, -0.15) is 0 Å². The first-order valence-electron chi connectivity index (χ1n) is 29.6. The number of rotatable bonds is 12. The quantitative estimate of drug-likeness (QED) is 0.0687. The van der Waals surface area contributed by atoms with Crippen molar-refractivity contribution in [3.05, 3.63) is 236 Å². The first-order valence-corrected chi connectivity index (χ1v) is 29.6. The number of nitrogens with one attached hydrogen (secondary N) is 2. The fourth-order valence-electron chi connectivity index (χ4n) is 13.1. The number of aromatic amines is 2. The molecule has 434 valence electrons. The molecule has 0 atom stereocenters. The van der Waals surface area contributed by atoms with Gasteiger partial charge < -0.3 is 30.4 Å². The second kappa shape index (κ2) is 23.3. The van der Waals surface area contributed by atoms with Gasteiger partial charge in [0.25, 0.3) is 0 Å². The number of hydrogen-bond donors (Lipinski definition) is 6. The van der Waals surface area contributed by atoms with Crippen molar-refractivity contribution in [3.63, 3.8) is 0 Å². The maximum absolute atomic E-state index is 9.83. The molecule has 7 aromatic heterocycles. The minimum absolute atomic E-state index is 0.129. The topological polar surface area (TPSA) is 190 Å². The van der Waals surface area contributed by atoms with Crippen LogP contribution in [0.2, 0.25) is 0 Å². The molecule has 8 bridgehead atoms. The predicted molar refractivity (Wildman–Crippen MR) is 355 cm³/mol. The van der Waals surface area contributed by atoms with E-state index in [-0.39, 0.29) is 26.4 Å². The molecular formula is C76H66N8O4. The van der Waals surface area contributed by atoms with Crippen LogP contribution in [0, 0.1) is 55.4 Å². The van der Waals surface area contributed by atoms with Crippen molar-refractivity contribution in [2.24, 2.45) is 0 Å². The first-order chi connectivity index (χ1) is 42.7. The zero-order valence-corrected chi connectivity index (χ0v) is 50.5. The molecule has 6 N–H and O–H groups in total. The number of aryl methyl sites for hydroxylation is 8. The van der Waals surface area contributed by atoms with Gasteiger partial charge in [-0.05, 0) is 217 Å². The highest BCUT2D eigenvalue weighted by atomic mass is 16.3. The zero-order valence-electron chi connectivity index (χ0n) is 50.5. The lowest BCUT2D eigenvalue weighted by Crippen LogP contribution is -1.97. The number of pyridine rings is 4. The second-order valence-electron chi connectivity index (χ2n) is 23.2. The van der Waals surface area contributed by atoms with E-state index in [9.17, 15) is 20.4 Å². The molecule has 0 amide bonds. The lowest BCUT2D eigenvalue weighted by atomic mass is 9.90. The van der Waals surface area contributed by atoms with Gasteiger partial charge >= 0.3 is 0 Å². The molecule has 0 spiro atoms. The molecule has 12 heteroatoms. The summed E-state index contributed by atoms with van der Waals surface area (Å²) in [5.74, 6) is 0. The van der Waals surface area contributed by atoms with E-state index in [4.69, 9.17) is 9.97 Å². The third-order valence-electron chi connectivity index (χ3n) is 17.2. The van der Waals surface area contributed by atoms with Gasteiger partial charge in [0, 0.05) is 91.4 Å². The lowest BCUT2D eigenvalue weighted by molar-refractivity contribution is 0.276. The molecule has 0 fully saturated rings. The predicted octanol–water partition coefficient (Wildman–Crippen LogP) is 16.0. The van der Waals surface area contributed by atoms with E-state index in [1.807, 2.05) is 73.3 Å². The summed E-state index contributed by atoms with van der Waals surface area (Å²) >= 11 is 0. The van der Waals surface area contributed by atoms with E-state index in [0.717, 1.165) is 178 Å². The van der Waals surface area contributed by atoms with E-state index >= 15 is 0 Å². The summed E-state index contributed by atoms with van der Waals surface area (Å²) in [5, 5.41) is 39.3. The highest BCUT2D eigenvalue weighted by molar-refractivity contribution is 6.03. The average Bonchev–Trinajstić information content (AvgIpc) is 2.01. The van der Waals surface area contributed by atoms with E-state index < -0.39 is 0 Å². The molecule has 0 saturated carbocycles. The van der Waals surface area contributed by atoms with E-state index in [0.29, 0.717) is 22.8 Å². The summed E-state index contributed by atoms with van der Waals surface area (Å²) in [6, 6.07) is 41.9. The summed E-state index contributed by atoms with van der Waals surface area (Å²) < 4.78 is 0. The third kappa shape index (κ3) is 10.5. The number of aromatic nitrogens is 8. The molecule has 12 nitrogen and oxygen atoms in total. The van der Waals surface area contributed by atoms with Gasteiger partial charge in [-0.15, -0.1) is 0 Å². The number of aliphatic hydroxyl groups excluding tert-OH is 4. The zero-order chi connectivity index (χ0) is 61.1. The number of aliphatic hydroxyl groups is 4. The van der Waals surface area contributed by atoms with E-state index in [2.05, 4.69) is 182 Å². The fourth-order valence-corrected chi connectivity index (χ4v) is 13.1. The van der Waals surface area contributed by atoms with Crippen molar-refractivity contribution in [2.45, 2.75) is 81.8 Å². The number of nitrogens with zero attached hydrogens (tertiary/aromatic N) is 6. The summed E-state index contributed by atoms with van der Waals surface area (Å²) in [4.78, 5) is 37.7. The van der Waals surface area contributed by atoms with Crippen molar-refractivity contribution in [1.82, 2.24) is 39.9 Å². The van der Waals surface area contributed by atoms with E-state index in [1.165, 1.54) is 0 Å². The Hall–Kier alpha value is -10.1. The van der Waals surface area contributed by atoms with Crippen LogP contribution >= 0.6 is 0 Å². The Morgan fingerprint density at radius 3 is 0.636 bits per heavy atom. The molecule has 0 saturated heterocycles. The minimum Gasteiger partial charge on any atom is -0.390 e. The largest absolute Gasteiger partial charge is 0.390 e. The monoisotopic (exact) mass is 1150 g/mol. The second-order valence-corrected chi connectivity index (χ2v) is 23.2. The molecule has 9 heterocycles. The Labute approximate surface area is 511 Å². The van der Waals surface area contributed by atoms with Crippen LogP contribution in [0.15, 0.2) is 146 Å². The van der Waals surface area contributed by atoms with Crippen molar-refractivity contribution >= 4 is 46.4 Å². The van der Waals surface area contributed by atoms with Crippen molar-refractivity contribution < 1.29 is 20.4 Å². The number of hydrogen-bond acceptors (Lipinski definition) is 10. The Morgan fingerprint density at radius 2 is 0.466 bits per heavy atom. The maximum atomic E-state index is 9.83. The summed E-state index contributed by atoms with van der Waals surface area (Å²) in [7, 11) is 0. The molecule has 4 aromatic carbocycles. The fraction of sp³-hybridized carbons (Fsp3) is 0.158. The SMILES string of the molecule is Cc1cc(-c2ccc(CO)nc2)cc(C)c1-c1c2nc(c(-c3c(C)cc(-c4ccc(CO)nc4)cc3C)c3ccc([nH]3)c(-c3c(C)cc(-c4ccc(CO)nc4)cc3C)c3nc(c(-c4c(C)cc(-c5ccc(CO)nc5)cc4C)c4ccc1[nH]4)C=C3)C=C2. The highest BCUT2D eigenvalue weighted by Crippen LogP contribution is 2.45. The van der Waals surface area contributed by atoms with Gasteiger partial charge in [-0.3, -0.25) is 19.9 Å². The number of benzene rings is 4. The number of fused-ring (bicyclic) bond motifs is 8. The van der Waals surface area contributed by atoms with Gasteiger partial charge in [-0.25, -0.2) is 9.97 Å². The van der Waals surface area contributed by atoms with Crippen molar-refractivity contribution in [2.75, 3.05) is 0 Å². The van der Waals surface area contributed by atoms with Crippen LogP contribution in [0.1, 0.15) is 90.1 Å². The van der Waals surface area contributed by atoms with Crippen LogP contribution < -0.4 is 0 Å². The van der Waals surface area contributed by atoms with Crippen molar-refractivity contribution in [3.8, 4) is 89.0 Å². The van der Waals surface area contributed by atoms with Gasteiger partial charge in [-0.1, -0.05) is 72.8 Å². The molecular weight excluding hydrogens is 1090 g/mol. The Morgan fingerprint density at radius 1 is 0.261 bits per heavy atom. The molecule has 2 aliphatic rings. The van der Waals surface area contributed by atoms with Gasteiger partial charge in [0.05, 0.1) is 72.0 Å². The Balaban J connectivity index is 1.14. The molecule has 0 aliphatic carbocycles. The third-order valence-corrected chi connectivity index (χ3v) is 17.2. The van der Waals surface area contributed by atoms with Crippen LogP contribution in [0.3, 0.4) is 0 Å². The van der Waals surface area contributed by atoms with Gasteiger partial charge in [0.1, 0.15) is 0 Å². The van der Waals surface area contributed by atoms with Crippen molar-refractivity contribution in [1.29, 1.82) is 0 Å². The van der Waals surface area contributed by atoms with Crippen LogP contribution in [-0.4, -0.2) is 60.3 Å². The van der Waals surface area contributed by atoms with Gasteiger partial charge in [0.2, 0.25) is 0 Å². The minimum atomic E-state index is -0.129. The van der Waals surface area contributed by atoms with Crippen LogP contribution in [0.25, 0.3) is 135 Å². The standard InChI is InChI=1S/C76H66N8O4/c1-41-25-53(49-9-13-57(37-85)77-33-49)26-42(2)69(41)73-61-17-19-63(81-61)74(70-43(3)27-54(28-44(70)4)50-10-14-58(38-86)78-34-50)65-21-23-67(83-65)76(72-47(7)31-56(32-48(72)8)52-12-16-60(40-88)80-36-52)68-24-22-66(84-68)75(64-20-18-62(73)82-64)71-45(5)29-55(30-46(71)6)51-11-15-59(39-87)79-35-51/h9-36,81,84-88H,37-40H2,1-8H3. The molecule has 11 aromatic rings. The molecule has 88 heavy (non-hydrogen) atoms. The van der Waals surface area contributed by atoms with Crippen LogP contribution in [0.4, 0.5) is 0 Å². The Kier molecular flexibility index (Phi) is 15.1.